The first-order valence-electron chi connectivity index (χ1n) is 7.34. The van der Waals surface area contributed by atoms with Crippen molar-refractivity contribution in [1.82, 2.24) is 0 Å². The lowest BCUT2D eigenvalue weighted by molar-refractivity contribution is -0.392. The van der Waals surface area contributed by atoms with E-state index in [1.165, 1.54) is 0 Å². The third kappa shape index (κ3) is 4.26. The lowest BCUT2D eigenvalue weighted by atomic mass is 10.0. The molecule has 0 aliphatic rings. The van der Waals surface area contributed by atoms with Crippen LogP contribution in [0.1, 0.15) is 11.1 Å². The van der Waals surface area contributed by atoms with Gasteiger partial charge in [-0.3, -0.25) is 0 Å². The Morgan fingerprint density at radius 2 is 1.40 bits per heavy atom. The van der Waals surface area contributed by atoms with Crippen LogP contribution in [0.5, 0.6) is 11.5 Å². The number of hydrogen-bond acceptors (Lipinski definition) is 4. The molecule has 2 N–H and O–H groups in total. The summed E-state index contributed by atoms with van der Waals surface area (Å²) in [5.41, 5.74) is -0.517. The van der Waals surface area contributed by atoms with Gasteiger partial charge >= 0.3 is 30.0 Å². The van der Waals surface area contributed by atoms with Crippen LogP contribution in [0.25, 0.3) is 0 Å². The van der Waals surface area contributed by atoms with Crippen LogP contribution in [0.4, 0.5) is 48.3 Å². The molecule has 0 saturated heterocycles. The van der Waals surface area contributed by atoms with Gasteiger partial charge in [0.15, 0.2) is 11.5 Å². The fourth-order valence-corrected chi connectivity index (χ4v) is 2.02. The molecule has 1 rings (SSSR count). The summed E-state index contributed by atoms with van der Waals surface area (Å²) in [6.07, 6.45) is -7.23. The minimum atomic E-state index is -7.45. The topological polar surface area (TPSA) is 58.9 Å². The second kappa shape index (κ2) is 8.45. The van der Waals surface area contributed by atoms with Gasteiger partial charge in [0, 0.05) is 5.56 Å². The third-order valence-corrected chi connectivity index (χ3v) is 3.54. The lowest BCUT2D eigenvalue weighted by Crippen LogP contribution is -2.61. The molecule has 1 aromatic rings. The van der Waals surface area contributed by atoms with Gasteiger partial charge in [-0.2, -0.15) is 48.3 Å². The van der Waals surface area contributed by atoms with E-state index in [9.17, 15) is 48.3 Å². The Morgan fingerprint density at radius 3 is 1.80 bits per heavy atom. The summed E-state index contributed by atoms with van der Waals surface area (Å²) in [5, 5.41) is 18.2. The number of aliphatic hydroxyl groups excluding tert-OH is 2. The van der Waals surface area contributed by atoms with E-state index in [1.54, 1.807) is 0 Å². The second-order valence-electron chi connectivity index (χ2n) is 5.51. The lowest BCUT2D eigenvalue weighted by Gasteiger charge is -2.32. The average molecular weight is 464 g/mol. The fraction of sp³-hybridized carbons (Fsp3) is 0.467. The molecule has 0 fully saturated rings. The van der Waals surface area contributed by atoms with Crippen LogP contribution < -0.4 is 9.47 Å². The van der Waals surface area contributed by atoms with Gasteiger partial charge in [0.05, 0.1) is 20.3 Å². The monoisotopic (exact) mass is 464 g/mol. The Labute approximate surface area is 160 Å². The summed E-state index contributed by atoms with van der Waals surface area (Å²) in [7, 11) is 0.852. The second-order valence-corrected chi connectivity index (χ2v) is 5.51. The molecule has 0 aliphatic heterocycles. The van der Waals surface area contributed by atoms with Crippen molar-refractivity contribution in [2.75, 3.05) is 7.11 Å². The van der Waals surface area contributed by atoms with Gasteiger partial charge in [-0.15, -0.1) is 0 Å². The molecular weight excluding hydrogens is 453 g/mol. The zero-order valence-electron chi connectivity index (χ0n) is 14.4. The molecule has 0 radical (unpaired) electrons. The Kier molecular flexibility index (Phi) is 7.25. The van der Waals surface area contributed by atoms with Crippen molar-refractivity contribution in [2.24, 2.45) is 0 Å². The van der Waals surface area contributed by atoms with Crippen molar-refractivity contribution in [3.8, 4) is 11.5 Å². The molecule has 0 atom stereocenters. The van der Waals surface area contributed by atoms with E-state index in [0.29, 0.717) is 6.07 Å². The van der Waals surface area contributed by atoms with Crippen LogP contribution in [0, 0.1) is 0 Å². The van der Waals surface area contributed by atoms with Crippen LogP contribution in [0.15, 0.2) is 24.0 Å². The molecular formula is C15H11F11O4. The number of hydrogen-bond donors (Lipinski definition) is 2. The maximum Gasteiger partial charge on any atom is 0.460 e. The molecule has 0 bridgehead atoms. The maximum absolute atomic E-state index is 13.7. The van der Waals surface area contributed by atoms with Crippen LogP contribution >= 0.6 is 0 Å². The van der Waals surface area contributed by atoms with Crippen molar-refractivity contribution in [3.63, 3.8) is 0 Å². The van der Waals surface area contributed by atoms with Gasteiger partial charge in [0.1, 0.15) is 0 Å². The van der Waals surface area contributed by atoms with Crippen molar-refractivity contribution in [3.05, 3.63) is 35.1 Å². The van der Waals surface area contributed by atoms with E-state index in [1.807, 2.05) is 0 Å². The zero-order chi connectivity index (χ0) is 23.7. The largest absolute Gasteiger partial charge is 0.492 e. The van der Waals surface area contributed by atoms with Gasteiger partial charge < -0.3 is 19.7 Å². The standard InChI is InChI=1S/C15H11F11O4/c1-29-9-7(5-28)2-6(4-27)3-8(9)30-11(17)10(16)12(18,19)13(20,21)14(22,23)15(24,25)26/h2-3,27-28H,4-5H2,1H3. The zero-order valence-corrected chi connectivity index (χ0v) is 14.4. The van der Waals surface area contributed by atoms with Gasteiger partial charge in [-0.25, -0.2) is 0 Å². The maximum atomic E-state index is 13.7. The average Bonchev–Trinajstić information content (AvgIpc) is 2.65. The number of alkyl halides is 9. The van der Waals surface area contributed by atoms with Crippen molar-refractivity contribution in [1.29, 1.82) is 0 Å². The smallest absolute Gasteiger partial charge is 0.460 e. The molecule has 0 amide bonds. The molecule has 172 valence electrons. The Bertz CT molecular complexity index is 803. The molecule has 1 aromatic carbocycles. The molecule has 4 nitrogen and oxygen atoms in total. The van der Waals surface area contributed by atoms with Gasteiger partial charge in [-0.1, -0.05) is 0 Å². The van der Waals surface area contributed by atoms with Gasteiger partial charge in [0.2, 0.25) is 5.83 Å². The van der Waals surface area contributed by atoms with Gasteiger partial charge in [0.25, 0.3) is 0 Å². The molecule has 30 heavy (non-hydrogen) atoms. The number of benzene rings is 1. The quantitative estimate of drug-likeness (QED) is 0.435. The Balaban J connectivity index is 3.51. The normalized spacial score (nSPS) is 14.5. The minimum absolute atomic E-state index is 0.219. The van der Waals surface area contributed by atoms with Crippen molar-refractivity contribution >= 4 is 0 Å². The highest BCUT2D eigenvalue weighted by atomic mass is 19.4. The van der Waals surface area contributed by atoms with E-state index in [0.717, 1.165) is 13.2 Å². The van der Waals surface area contributed by atoms with E-state index in [-0.39, 0.29) is 11.1 Å². The Hall–Kier alpha value is -2.29. The van der Waals surface area contributed by atoms with Crippen LogP contribution in [0.3, 0.4) is 0 Å². The van der Waals surface area contributed by atoms with Crippen LogP contribution in [-0.2, 0) is 13.2 Å². The SMILES string of the molecule is COc1c(CO)cc(CO)cc1OC(F)=C(F)C(F)(F)C(F)(F)C(F)(F)C(F)(F)F. The predicted octanol–water partition coefficient (Wildman–Crippen LogP) is 4.63. The summed E-state index contributed by atoms with van der Waals surface area (Å²) in [4.78, 5) is 0. The minimum Gasteiger partial charge on any atom is -0.492 e. The molecule has 0 aliphatic carbocycles. The van der Waals surface area contributed by atoms with E-state index >= 15 is 0 Å². The number of methoxy groups -OCH3 is 1. The van der Waals surface area contributed by atoms with Crippen molar-refractivity contribution < 1.29 is 68.0 Å². The molecule has 15 heteroatoms. The van der Waals surface area contributed by atoms with Gasteiger partial charge in [-0.05, 0) is 17.7 Å². The van der Waals surface area contributed by atoms with Crippen LogP contribution in [-0.4, -0.2) is 41.3 Å². The summed E-state index contributed by atoms with van der Waals surface area (Å²) in [6.45, 7) is -1.74. The summed E-state index contributed by atoms with van der Waals surface area (Å²) < 4.78 is 151. The summed E-state index contributed by atoms with van der Waals surface area (Å²) in [5.74, 6) is -27.7. The van der Waals surface area contributed by atoms with Crippen LogP contribution in [0.2, 0.25) is 0 Å². The molecule has 0 unspecified atom stereocenters. The summed E-state index contributed by atoms with van der Waals surface area (Å²) >= 11 is 0. The third-order valence-electron chi connectivity index (χ3n) is 3.54. The number of ether oxygens (including phenoxy) is 2. The highest BCUT2D eigenvalue weighted by Gasteiger charge is 2.83. The summed E-state index contributed by atoms with van der Waals surface area (Å²) in [6, 6.07) is -1.67. The Morgan fingerprint density at radius 1 is 0.867 bits per heavy atom. The number of halogens is 11. The molecule has 0 saturated carbocycles. The molecule has 0 aromatic heterocycles. The van der Waals surface area contributed by atoms with E-state index in [4.69, 9.17) is 10.2 Å². The predicted molar refractivity (Wildman–Crippen MR) is 75.6 cm³/mol. The number of rotatable bonds is 8. The van der Waals surface area contributed by atoms with Crippen molar-refractivity contribution in [2.45, 2.75) is 37.2 Å². The van der Waals surface area contributed by atoms with E-state index < -0.39 is 60.5 Å². The molecule has 0 heterocycles. The highest BCUT2D eigenvalue weighted by Crippen LogP contribution is 2.56. The first-order chi connectivity index (χ1) is 13.5. The first kappa shape index (κ1) is 25.7. The van der Waals surface area contributed by atoms with E-state index in [2.05, 4.69) is 9.47 Å². The molecule has 0 spiro atoms. The fourth-order valence-electron chi connectivity index (χ4n) is 2.02. The first-order valence-corrected chi connectivity index (χ1v) is 7.34. The number of aliphatic hydroxyl groups is 2. The number of allylic oxidation sites excluding steroid dienone is 1. The highest BCUT2D eigenvalue weighted by molar-refractivity contribution is 5.50.